The maximum atomic E-state index is 13.3. The van der Waals surface area contributed by atoms with Crippen molar-refractivity contribution >= 4 is 23.2 Å². The van der Waals surface area contributed by atoms with Crippen molar-refractivity contribution < 1.29 is 23.8 Å². The van der Waals surface area contributed by atoms with Gasteiger partial charge in [0.15, 0.2) is 11.5 Å². The maximum absolute atomic E-state index is 13.3. The van der Waals surface area contributed by atoms with Crippen molar-refractivity contribution in [1.29, 1.82) is 0 Å². The highest BCUT2D eigenvalue weighted by atomic mass is 32.1. The van der Waals surface area contributed by atoms with Gasteiger partial charge in [-0.1, -0.05) is 6.07 Å². The van der Waals surface area contributed by atoms with Crippen molar-refractivity contribution in [3.05, 3.63) is 46.2 Å². The third-order valence-corrected chi connectivity index (χ3v) is 6.53. The van der Waals surface area contributed by atoms with Crippen LogP contribution in [0, 0.1) is 5.92 Å². The smallest absolute Gasteiger partial charge is 0.264 e. The molecule has 166 valence electrons. The van der Waals surface area contributed by atoms with E-state index in [2.05, 4.69) is 0 Å². The summed E-state index contributed by atoms with van der Waals surface area (Å²) in [6, 6.07) is 8.96. The molecule has 31 heavy (non-hydrogen) atoms. The third kappa shape index (κ3) is 5.19. The van der Waals surface area contributed by atoms with E-state index in [9.17, 15) is 9.59 Å². The Morgan fingerprint density at radius 1 is 1.16 bits per heavy atom. The molecule has 1 atom stereocenters. The van der Waals surface area contributed by atoms with Gasteiger partial charge in [0.25, 0.3) is 11.8 Å². The summed E-state index contributed by atoms with van der Waals surface area (Å²) in [6.45, 7) is 2.68. The summed E-state index contributed by atoms with van der Waals surface area (Å²) in [7, 11) is 3.13. The van der Waals surface area contributed by atoms with E-state index in [4.69, 9.17) is 14.2 Å². The quantitative estimate of drug-likeness (QED) is 0.626. The van der Waals surface area contributed by atoms with Crippen LogP contribution in [-0.2, 0) is 4.74 Å². The molecular formula is C23H28N2O5S. The minimum absolute atomic E-state index is 0.0308. The molecule has 2 amide bonds. The van der Waals surface area contributed by atoms with Crippen molar-refractivity contribution in [3.8, 4) is 11.5 Å². The van der Waals surface area contributed by atoms with Gasteiger partial charge in [0.1, 0.15) is 0 Å². The van der Waals surface area contributed by atoms with Gasteiger partial charge in [-0.2, -0.15) is 0 Å². The second kappa shape index (κ2) is 9.70. The van der Waals surface area contributed by atoms with Gasteiger partial charge in [-0.3, -0.25) is 9.59 Å². The van der Waals surface area contributed by atoms with Crippen LogP contribution < -0.4 is 9.47 Å². The van der Waals surface area contributed by atoms with Crippen LogP contribution >= 0.6 is 11.3 Å². The summed E-state index contributed by atoms with van der Waals surface area (Å²) in [5, 5.41) is 1.91. The predicted octanol–water partition coefficient (Wildman–Crippen LogP) is 3.16. The Bertz CT molecular complexity index is 913. The molecule has 8 heteroatoms. The molecule has 0 spiro atoms. The van der Waals surface area contributed by atoms with E-state index in [0.717, 1.165) is 17.7 Å². The Hall–Kier alpha value is -2.58. The Morgan fingerprint density at radius 2 is 1.97 bits per heavy atom. The molecule has 2 fully saturated rings. The molecule has 1 aliphatic heterocycles. The summed E-state index contributed by atoms with van der Waals surface area (Å²) in [6.07, 6.45) is 2.08. The lowest BCUT2D eigenvalue weighted by molar-refractivity contribution is -0.0333. The molecular weight excluding hydrogens is 416 g/mol. The van der Waals surface area contributed by atoms with Crippen molar-refractivity contribution in [2.24, 2.45) is 5.92 Å². The van der Waals surface area contributed by atoms with Crippen LogP contribution in [-0.4, -0.2) is 74.7 Å². The average Bonchev–Trinajstić information content (AvgIpc) is 3.45. The molecule has 2 heterocycles. The van der Waals surface area contributed by atoms with Crippen molar-refractivity contribution in [2.45, 2.75) is 18.9 Å². The Morgan fingerprint density at radius 3 is 2.65 bits per heavy atom. The van der Waals surface area contributed by atoms with Gasteiger partial charge in [-0.05, 0) is 48.4 Å². The SMILES string of the molecule is COc1ccc(C(=O)N(CC2CC2)CC2CN(C(=O)c3cccs3)CCO2)cc1OC. The van der Waals surface area contributed by atoms with Gasteiger partial charge in [0, 0.05) is 31.7 Å². The van der Waals surface area contributed by atoms with E-state index in [1.807, 2.05) is 27.3 Å². The first-order chi connectivity index (χ1) is 15.1. The molecule has 0 radical (unpaired) electrons. The lowest BCUT2D eigenvalue weighted by Crippen LogP contribution is -2.50. The molecule has 4 rings (SSSR count). The Balaban J connectivity index is 1.46. The second-order valence-corrected chi connectivity index (χ2v) is 8.89. The summed E-state index contributed by atoms with van der Waals surface area (Å²) in [5.74, 6) is 1.63. The normalized spacial score (nSPS) is 18.5. The first-order valence-corrected chi connectivity index (χ1v) is 11.4. The van der Waals surface area contributed by atoms with Crippen LogP contribution in [0.1, 0.15) is 32.9 Å². The molecule has 1 unspecified atom stereocenters. The molecule has 1 aromatic heterocycles. The van der Waals surface area contributed by atoms with Gasteiger partial charge in [0.05, 0.1) is 31.8 Å². The highest BCUT2D eigenvalue weighted by Gasteiger charge is 2.32. The van der Waals surface area contributed by atoms with Crippen LogP contribution in [0.4, 0.5) is 0 Å². The number of hydrogen-bond donors (Lipinski definition) is 0. The molecule has 1 saturated heterocycles. The van der Waals surface area contributed by atoms with E-state index in [1.54, 1.807) is 32.4 Å². The largest absolute Gasteiger partial charge is 0.493 e. The van der Waals surface area contributed by atoms with E-state index in [-0.39, 0.29) is 17.9 Å². The Labute approximate surface area is 186 Å². The molecule has 2 aromatic rings. The second-order valence-electron chi connectivity index (χ2n) is 7.94. The number of benzene rings is 1. The van der Waals surface area contributed by atoms with Gasteiger partial charge in [0.2, 0.25) is 0 Å². The predicted molar refractivity (Wildman–Crippen MR) is 118 cm³/mol. The summed E-state index contributed by atoms with van der Waals surface area (Å²) in [5.41, 5.74) is 0.556. The first-order valence-electron chi connectivity index (χ1n) is 10.5. The zero-order valence-corrected chi connectivity index (χ0v) is 18.7. The number of thiophene rings is 1. The topological polar surface area (TPSA) is 68.3 Å². The molecule has 1 aromatic carbocycles. The molecule has 7 nitrogen and oxygen atoms in total. The zero-order chi connectivity index (χ0) is 21.8. The summed E-state index contributed by atoms with van der Waals surface area (Å²) >= 11 is 1.45. The van der Waals surface area contributed by atoms with Crippen LogP contribution in [0.15, 0.2) is 35.7 Å². The van der Waals surface area contributed by atoms with Gasteiger partial charge in [-0.25, -0.2) is 0 Å². The fourth-order valence-electron chi connectivity index (χ4n) is 3.82. The third-order valence-electron chi connectivity index (χ3n) is 5.68. The lowest BCUT2D eigenvalue weighted by atomic mass is 10.1. The average molecular weight is 445 g/mol. The van der Waals surface area contributed by atoms with Gasteiger partial charge in [-0.15, -0.1) is 11.3 Å². The van der Waals surface area contributed by atoms with E-state index < -0.39 is 0 Å². The van der Waals surface area contributed by atoms with E-state index in [1.165, 1.54) is 11.3 Å². The number of ether oxygens (including phenoxy) is 3. The number of morpholine rings is 1. The first kappa shape index (κ1) is 21.6. The van der Waals surface area contributed by atoms with Crippen LogP contribution in [0.25, 0.3) is 0 Å². The fraction of sp³-hybridized carbons (Fsp3) is 0.478. The maximum Gasteiger partial charge on any atom is 0.264 e. The number of rotatable bonds is 8. The van der Waals surface area contributed by atoms with Crippen molar-refractivity contribution in [2.75, 3.05) is 47.0 Å². The van der Waals surface area contributed by atoms with Crippen molar-refractivity contribution in [3.63, 3.8) is 0 Å². The van der Waals surface area contributed by atoms with Crippen LogP contribution in [0.5, 0.6) is 11.5 Å². The number of carbonyl (C=O) groups excluding carboxylic acids is 2. The molecule has 2 aliphatic rings. The number of hydrogen-bond acceptors (Lipinski definition) is 6. The van der Waals surface area contributed by atoms with E-state index in [0.29, 0.717) is 55.8 Å². The van der Waals surface area contributed by atoms with Crippen molar-refractivity contribution in [1.82, 2.24) is 9.80 Å². The lowest BCUT2D eigenvalue weighted by Gasteiger charge is -2.35. The van der Waals surface area contributed by atoms with Gasteiger partial charge < -0.3 is 24.0 Å². The minimum Gasteiger partial charge on any atom is -0.493 e. The fourth-order valence-corrected chi connectivity index (χ4v) is 4.51. The van der Waals surface area contributed by atoms with Crippen LogP contribution in [0.2, 0.25) is 0 Å². The minimum atomic E-state index is -0.208. The highest BCUT2D eigenvalue weighted by molar-refractivity contribution is 7.12. The van der Waals surface area contributed by atoms with Gasteiger partial charge >= 0.3 is 0 Å². The summed E-state index contributed by atoms with van der Waals surface area (Å²) < 4.78 is 16.6. The molecule has 0 N–H and O–H groups in total. The number of carbonyl (C=O) groups is 2. The highest BCUT2D eigenvalue weighted by Crippen LogP contribution is 2.32. The number of methoxy groups -OCH3 is 2. The number of nitrogens with zero attached hydrogens (tertiary/aromatic N) is 2. The molecule has 0 bridgehead atoms. The van der Waals surface area contributed by atoms with E-state index >= 15 is 0 Å². The monoisotopic (exact) mass is 444 g/mol. The Kier molecular flexibility index (Phi) is 6.77. The van der Waals surface area contributed by atoms with Crippen LogP contribution in [0.3, 0.4) is 0 Å². The zero-order valence-electron chi connectivity index (χ0n) is 17.9. The molecule has 1 saturated carbocycles. The standard InChI is InChI=1S/C23H28N2O5S/c1-28-19-8-7-17(12-20(19)29-2)22(26)25(13-16-5-6-16)15-18-14-24(9-10-30-18)23(27)21-4-3-11-31-21/h3-4,7-8,11-12,16,18H,5-6,9-10,13-15H2,1-2H3. The summed E-state index contributed by atoms with van der Waals surface area (Å²) in [4.78, 5) is 30.5. The number of amides is 2. The molecule has 1 aliphatic carbocycles.